The molecule has 0 radical (unpaired) electrons. The third-order valence-corrected chi connectivity index (χ3v) is 6.84. The van der Waals surface area contributed by atoms with E-state index in [4.69, 9.17) is 9.47 Å². The Kier molecular flexibility index (Phi) is 12.6. The molecule has 38 heavy (non-hydrogen) atoms. The number of Topliss-reactive ketones (excluding diaryl/α,β-unsaturated/α-hetero) is 1. The molecule has 2 aromatic carbocycles. The lowest BCUT2D eigenvalue weighted by Gasteiger charge is -2.24. The molecule has 0 aliphatic rings. The molecule has 1 unspecified atom stereocenters. The van der Waals surface area contributed by atoms with Crippen molar-refractivity contribution in [3.05, 3.63) is 59.7 Å². The predicted molar refractivity (Wildman–Crippen MR) is 146 cm³/mol. The number of nitrogens with one attached hydrogen (secondary N) is 2. The smallest absolute Gasteiger partial charge is 0.305 e. The van der Waals surface area contributed by atoms with E-state index >= 15 is 0 Å². The monoisotopic (exact) mass is 544 g/mol. The Hall–Kier alpha value is -3.53. The fraction of sp³-hybridized carbons (Fsp3) is 0.429. The lowest BCUT2D eigenvalue weighted by molar-refractivity contribution is -0.140. The number of aryl methyl sites for hydroxylation is 1. The number of carboxylic acids is 1. The molecular weight excluding hydrogens is 508 g/mol. The summed E-state index contributed by atoms with van der Waals surface area (Å²) in [6.07, 6.45) is -0.0874. The zero-order valence-corrected chi connectivity index (χ0v) is 23.0. The molecule has 3 N–H and O–H groups in total. The number of amides is 2. The summed E-state index contributed by atoms with van der Waals surface area (Å²) >= 11 is 1.35. The number of carboxylic acid groups (broad SMARTS) is 1. The number of ketones is 1. The summed E-state index contributed by atoms with van der Waals surface area (Å²) in [6.45, 7) is 3.53. The number of hydrogen-bond donors (Lipinski definition) is 3. The fourth-order valence-corrected chi connectivity index (χ4v) is 4.66. The van der Waals surface area contributed by atoms with Crippen molar-refractivity contribution in [1.29, 1.82) is 0 Å². The highest BCUT2D eigenvalue weighted by atomic mass is 32.2. The number of carbonyl (C=O) groups is 4. The van der Waals surface area contributed by atoms with Gasteiger partial charge in [-0.2, -0.15) is 0 Å². The first-order valence-electron chi connectivity index (χ1n) is 12.3. The molecule has 0 heterocycles. The third kappa shape index (κ3) is 10.1. The van der Waals surface area contributed by atoms with Gasteiger partial charge in [0.2, 0.25) is 11.8 Å². The molecule has 0 aromatic heterocycles. The Morgan fingerprint density at radius 1 is 0.974 bits per heavy atom. The first-order chi connectivity index (χ1) is 18.1. The van der Waals surface area contributed by atoms with Gasteiger partial charge in [-0.05, 0) is 41.7 Å². The summed E-state index contributed by atoms with van der Waals surface area (Å²) in [6, 6.07) is 12.8. The quantitative estimate of drug-likeness (QED) is 0.294. The van der Waals surface area contributed by atoms with E-state index < -0.39 is 30.4 Å². The van der Waals surface area contributed by atoms with Crippen molar-refractivity contribution in [1.82, 2.24) is 10.6 Å². The first kappa shape index (κ1) is 30.7. The van der Waals surface area contributed by atoms with E-state index in [1.165, 1.54) is 11.8 Å². The Labute approximate surface area is 227 Å². The van der Waals surface area contributed by atoms with E-state index in [9.17, 15) is 24.3 Å². The van der Waals surface area contributed by atoms with Crippen LogP contribution in [-0.4, -0.2) is 60.7 Å². The minimum absolute atomic E-state index is 0.0498. The Morgan fingerprint density at radius 3 is 2.29 bits per heavy atom. The molecular formula is C28H36N2O7S. The minimum Gasteiger partial charge on any atom is -0.497 e. The summed E-state index contributed by atoms with van der Waals surface area (Å²) in [5.41, 5.74) is 1.82. The molecule has 0 saturated heterocycles. The van der Waals surface area contributed by atoms with Gasteiger partial charge in [-0.1, -0.05) is 44.2 Å². The third-order valence-electron chi connectivity index (χ3n) is 5.81. The van der Waals surface area contributed by atoms with Gasteiger partial charge >= 0.3 is 5.97 Å². The molecule has 2 aromatic rings. The van der Waals surface area contributed by atoms with Crippen molar-refractivity contribution < 1.29 is 33.8 Å². The van der Waals surface area contributed by atoms with Gasteiger partial charge in [0.25, 0.3) is 0 Å². The van der Waals surface area contributed by atoms with Crippen molar-refractivity contribution in [2.75, 3.05) is 20.0 Å². The van der Waals surface area contributed by atoms with Gasteiger partial charge in [-0.15, -0.1) is 11.8 Å². The zero-order chi connectivity index (χ0) is 28.1. The molecule has 2 atom stereocenters. The normalized spacial score (nSPS) is 12.3. The standard InChI is InChI=1S/C28H36N2O7S/c1-18(2)27(30-25(32)13-10-20-14-21(36-3)11-12-24(20)37-4)28(35)29-22(15-26(33)34)23(31)17-38-16-19-8-6-5-7-9-19/h5-9,11-12,14,18,22,27H,10,13,15-17H2,1-4H3,(H,29,35)(H,30,32)(H,33,34)/t22?,27-/m0/s1. The molecule has 0 fully saturated rings. The van der Waals surface area contributed by atoms with Gasteiger partial charge in [0, 0.05) is 12.2 Å². The largest absolute Gasteiger partial charge is 0.497 e. The van der Waals surface area contributed by atoms with Gasteiger partial charge in [-0.25, -0.2) is 0 Å². The van der Waals surface area contributed by atoms with E-state index in [1.54, 1.807) is 46.3 Å². The number of aliphatic carboxylic acids is 1. The summed E-state index contributed by atoms with van der Waals surface area (Å²) in [4.78, 5) is 50.0. The molecule has 0 bridgehead atoms. The number of methoxy groups -OCH3 is 2. The van der Waals surface area contributed by atoms with Crippen molar-refractivity contribution in [2.24, 2.45) is 5.92 Å². The van der Waals surface area contributed by atoms with Crippen LogP contribution < -0.4 is 20.1 Å². The molecule has 0 saturated carbocycles. The molecule has 2 rings (SSSR count). The molecule has 206 valence electrons. The highest BCUT2D eigenvalue weighted by molar-refractivity contribution is 7.99. The van der Waals surface area contributed by atoms with Gasteiger partial charge in [0.05, 0.1) is 32.4 Å². The van der Waals surface area contributed by atoms with E-state index in [0.29, 0.717) is 23.7 Å². The maximum atomic E-state index is 13.1. The van der Waals surface area contributed by atoms with Gasteiger partial charge in [-0.3, -0.25) is 19.2 Å². The highest BCUT2D eigenvalue weighted by Crippen LogP contribution is 2.25. The number of benzene rings is 2. The topological polar surface area (TPSA) is 131 Å². The predicted octanol–water partition coefficient (Wildman–Crippen LogP) is 3.24. The van der Waals surface area contributed by atoms with Crippen LogP contribution in [0, 0.1) is 5.92 Å². The molecule has 10 heteroatoms. The Bertz CT molecular complexity index is 1090. The summed E-state index contributed by atoms with van der Waals surface area (Å²) < 4.78 is 10.6. The summed E-state index contributed by atoms with van der Waals surface area (Å²) in [7, 11) is 3.09. The molecule has 0 aliphatic heterocycles. The van der Waals surface area contributed by atoms with Crippen LogP contribution in [0.15, 0.2) is 48.5 Å². The van der Waals surface area contributed by atoms with Crippen LogP contribution in [-0.2, 0) is 31.4 Å². The van der Waals surface area contributed by atoms with Crippen molar-refractivity contribution in [3.63, 3.8) is 0 Å². The Morgan fingerprint density at radius 2 is 1.68 bits per heavy atom. The molecule has 9 nitrogen and oxygen atoms in total. The average molecular weight is 545 g/mol. The minimum atomic E-state index is -1.20. The number of carbonyl (C=O) groups excluding carboxylic acids is 3. The van der Waals surface area contributed by atoms with Crippen LogP contribution in [0.4, 0.5) is 0 Å². The molecule has 2 amide bonds. The van der Waals surface area contributed by atoms with Crippen molar-refractivity contribution >= 4 is 35.3 Å². The first-order valence-corrected chi connectivity index (χ1v) is 13.5. The van der Waals surface area contributed by atoms with Crippen molar-refractivity contribution in [2.45, 2.75) is 50.9 Å². The second-order valence-corrected chi connectivity index (χ2v) is 10.1. The van der Waals surface area contributed by atoms with Crippen LogP contribution in [0.3, 0.4) is 0 Å². The van der Waals surface area contributed by atoms with E-state index in [2.05, 4.69) is 10.6 Å². The average Bonchev–Trinajstić information content (AvgIpc) is 2.89. The number of thioether (sulfide) groups is 1. The van der Waals surface area contributed by atoms with Crippen LogP contribution in [0.25, 0.3) is 0 Å². The maximum Gasteiger partial charge on any atom is 0.305 e. The second kappa shape index (κ2) is 15.7. The number of hydrogen-bond acceptors (Lipinski definition) is 7. The Balaban J connectivity index is 1.98. The second-order valence-electron chi connectivity index (χ2n) is 9.07. The van der Waals surface area contributed by atoms with E-state index in [0.717, 1.165) is 11.1 Å². The lowest BCUT2D eigenvalue weighted by atomic mass is 10.0. The molecule has 0 spiro atoms. The number of rotatable bonds is 16. The summed E-state index contributed by atoms with van der Waals surface area (Å²) in [5.74, 6) is -0.943. The summed E-state index contributed by atoms with van der Waals surface area (Å²) in [5, 5.41) is 14.6. The zero-order valence-electron chi connectivity index (χ0n) is 22.2. The maximum absolute atomic E-state index is 13.1. The fourth-order valence-electron chi connectivity index (χ4n) is 3.73. The van der Waals surface area contributed by atoms with Gasteiger partial charge in [0.15, 0.2) is 5.78 Å². The highest BCUT2D eigenvalue weighted by Gasteiger charge is 2.30. The van der Waals surface area contributed by atoms with Crippen LogP contribution >= 0.6 is 11.8 Å². The lowest BCUT2D eigenvalue weighted by Crippen LogP contribution is -2.54. The van der Waals surface area contributed by atoms with E-state index in [-0.39, 0.29) is 29.8 Å². The van der Waals surface area contributed by atoms with Crippen LogP contribution in [0.2, 0.25) is 0 Å². The van der Waals surface area contributed by atoms with Crippen LogP contribution in [0.5, 0.6) is 11.5 Å². The SMILES string of the molecule is COc1ccc(OC)c(CCC(=O)N[C@H](C(=O)NC(CC(=O)O)C(=O)CSCc2ccccc2)C(C)C)c1. The van der Waals surface area contributed by atoms with Crippen LogP contribution in [0.1, 0.15) is 37.8 Å². The van der Waals surface area contributed by atoms with Gasteiger partial charge in [0.1, 0.15) is 17.5 Å². The molecule has 0 aliphatic carbocycles. The van der Waals surface area contributed by atoms with Crippen molar-refractivity contribution in [3.8, 4) is 11.5 Å². The number of ether oxygens (including phenoxy) is 2. The van der Waals surface area contributed by atoms with E-state index in [1.807, 2.05) is 30.3 Å². The van der Waals surface area contributed by atoms with Gasteiger partial charge < -0.3 is 25.2 Å².